The van der Waals surface area contributed by atoms with Crippen LogP contribution in [0.2, 0.25) is 0 Å². The van der Waals surface area contributed by atoms with E-state index in [0.717, 1.165) is 5.56 Å². The molecule has 5 nitrogen and oxygen atoms in total. The minimum absolute atomic E-state index is 0.0992. The van der Waals surface area contributed by atoms with Crippen molar-refractivity contribution in [1.82, 2.24) is 0 Å². The first kappa shape index (κ1) is 15.3. The number of anilines is 1. The lowest BCUT2D eigenvalue weighted by Gasteiger charge is -2.10. The lowest BCUT2D eigenvalue weighted by molar-refractivity contribution is 0.415. The van der Waals surface area contributed by atoms with Gasteiger partial charge in [0.1, 0.15) is 5.75 Å². The third kappa shape index (κ3) is 4.47. The van der Waals surface area contributed by atoms with Gasteiger partial charge in [0.25, 0.3) is 0 Å². The summed E-state index contributed by atoms with van der Waals surface area (Å²) in [4.78, 5) is 0. The van der Waals surface area contributed by atoms with Crippen LogP contribution in [0.1, 0.15) is 11.1 Å². The Labute approximate surface area is 124 Å². The number of methoxy groups -OCH3 is 1. The Kier molecular flexibility index (Phi) is 4.82. The molecular weight excluding hydrogens is 288 g/mol. The van der Waals surface area contributed by atoms with Crippen molar-refractivity contribution in [2.75, 3.05) is 11.8 Å². The van der Waals surface area contributed by atoms with Crippen LogP contribution >= 0.6 is 0 Å². The van der Waals surface area contributed by atoms with Gasteiger partial charge in [-0.1, -0.05) is 30.3 Å². The molecule has 0 saturated carbocycles. The molecule has 0 atom stereocenters. The Balaban J connectivity index is 2.14. The molecule has 0 radical (unpaired) electrons. The molecule has 2 rings (SSSR count). The van der Waals surface area contributed by atoms with E-state index in [1.165, 1.54) is 7.11 Å². The predicted molar refractivity (Wildman–Crippen MR) is 83.6 cm³/mol. The highest BCUT2D eigenvalue weighted by atomic mass is 32.2. The molecule has 0 fully saturated rings. The number of rotatable bonds is 6. The zero-order valence-electron chi connectivity index (χ0n) is 11.7. The quantitative estimate of drug-likeness (QED) is 0.856. The summed E-state index contributed by atoms with van der Waals surface area (Å²) in [6, 6.07) is 14.0. The van der Waals surface area contributed by atoms with Crippen molar-refractivity contribution in [1.29, 1.82) is 0 Å². The molecule has 2 aromatic carbocycles. The fourth-order valence-electron chi connectivity index (χ4n) is 1.97. The van der Waals surface area contributed by atoms with Gasteiger partial charge in [-0.2, -0.15) is 0 Å². The zero-order chi connectivity index (χ0) is 15.3. The molecule has 6 heteroatoms. The van der Waals surface area contributed by atoms with Crippen LogP contribution < -0.4 is 15.2 Å². The Morgan fingerprint density at radius 3 is 2.52 bits per heavy atom. The van der Waals surface area contributed by atoms with E-state index in [4.69, 9.17) is 10.5 Å². The number of hydrogen-bond acceptors (Lipinski definition) is 4. The highest BCUT2D eigenvalue weighted by Gasteiger charge is 2.12. The fourth-order valence-corrected chi connectivity index (χ4v) is 3.14. The van der Waals surface area contributed by atoms with Crippen molar-refractivity contribution in [3.8, 4) is 5.75 Å². The van der Waals surface area contributed by atoms with Gasteiger partial charge < -0.3 is 10.5 Å². The monoisotopic (exact) mass is 306 g/mol. The van der Waals surface area contributed by atoms with E-state index >= 15 is 0 Å². The Hall–Kier alpha value is -2.05. The maximum Gasteiger partial charge on any atom is 0.236 e. The number of nitrogens with one attached hydrogen (secondary N) is 1. The molecule has 0 spiro atoms. The second-order valence-electron chi connectivity index (χ2n) is 4.62. The lowest BCUT2D eigenvalue weighted by Crippen LogP contribution is -2.15. The van der Waals surface area contributed by atoms with Crippen LogP contribution in [0.5, 0.6) is 5.75 Å². The first-order chi connectivity index (χ1) is 10.0. The van der Waals surface area contributed by atoms with Crippen LogP contribution in [0, 0.1) is 0 Å². The lowest BCUT2D eigenvalue weighted by atomic mass is 10.1. The molecule has 0 unspecified atom stereocenters. The van der Waals surface area contributed by atoms with Gasteiger partial charge in [0.15, 0.2) is 0 Å². The summed E-state index contributed by atoms with van der Waals surface area (Å²) in [5.74, 6) is 0.498. The molecule has 0 heterocycles. The largest absolute Gasteiger partial charge is 0.497 e. The molecule has 21 heavy (non-hydrogen) atoms. The number of nitrogens with two attached hydrogens (primary N) is 1. The normalized spacial score (nSPS) is 11.1. The smallest absolute Gasteiger partial charge is 0.236 e. The summed E-state index contributed by atoms with van der Waals surface area (Å²) in [6.07, 6.45) is 0. The molecular formula is C15H18N2O3S. The number of benzene rings is 2. The summed E-state index contributed by atoms with van der Waals surface area (Å²) >= 11 is 0. The molecule has 0 bridgehead atoms. The third-order valence-electron chi connectivity index (χ3n) is 2.93. The molecule has 0 saturated heterocycles. The molecule has 3 N–H and O–H groups in total. The van der Waals surface area contributed by atoms with E-state index in [-0.39, 0.29) is 5.75 Å². The number of ether oxygens (including phenoxy) is 1. The van der Waals surface area contributed by atoms with Crippen LogP contribution in [0.4, 0.5) is 5.69 Å². The van der Waals surface area contributed by atoms with Gasteiger partial charge >= 0.3 is 0 Å². The Morgan fingerprint density at radius 1 is 1.10 bits per heavy atom. The standard InChI is InChI=1S/C15H18N2O3S/c1-20-15-7-3-6-14(9-15)17-21(18,19)11-13-5-2-4-12(8-13)10-16/h2-9,17H,10-11,16H2,1H3. The zero-order valence-corrected chi connectivity index (χ0v) is 12.6. The Bertz CT molecular complexity index is 659. The van der Waals surface area contributed by atoms with E-state index in [2.05, 4.69) is 4.72 Å². The maximum absolute atomic E-state index is 12.2. The van der Waals surface area contributed by atoms with Crippen molar-refractivity contribution in [2.24, 2.45) is 5.73 Å². The van der Waals surface area contributed by atoms with Gasteiger partial charge in [-0.25, -0.2) is 8.42 Å². The summed E-state index contributed by atoms with van der Waals surface area (Å²) < 4.78 is 32.0. The molecule has 2 aromatic rings. The van der Waals surface area contributed by atoms with Crippen molar-refractivity contribution >= 4 is 15.7 Å². The SMILES string of the molecule is COc1cccc(NS(=O)(=O)Cc2cccc(CN)c2)c1. The number of sulfonamides is 1. The molecule has 0 amide bonds. The fraction of sp³-hybridized carbons (Fsp3) is 0.200. The molecule has 0 aliphatic rings. The van der Waals surface area contributed by atoms with Gasteiger partial charge in [0.05, 0.1) is 18.6 Å². The highest BCUT2D eigenvalue weighted by molar-refractivity contribution is 7.91. The van der Waals surface area contributed by atoms with Crippen LogP contribution in [-0.4, -0.2) is 15.5 Å². The van der Waals surface area contributed by atoms with Crippen LogP contribution in [0.15, 0.2) is 48.5 Å². The predicted octanol–water partition coefficient (Wildman–Crippen LogP) is 2.10. The second kappa shape index (κ2) is 6.60. The van der Waals surface area contributed by atoms with Gasteiger partial charge in [-0.3, -0.25) is 4.72 Å². The first-order valence-electron chi connectivity index (χ1n) is 6.45. The van der Waals surface area contributed by atoms with E-state index in [1.54, 1.807) is 42.5 Å². The van der Waals surface area contributed by atoms with Crippen molar-refractivity contribution in [3.05, 3.63) is 59.7 Å². The van der Waals surface area contributed by atoms with Crippen molar-refractivity contribution in [2.45, 2.75) is 12.3 Å². The maximum atomic E-state index is 12.2. The molecule has 0 aliphatic carbocycles. The van der Waals surface area contributed by atoms with Crippen molar-refractivity contribution in [3.63, 3.8) is 0 Å². The third-order valence-corrected chi connectivity index (χ3v) is 4.19. The van der Waals surface area contributed by atoms with Crippen LogP contribution in [0.25, 0.3) is 0 Å². The van der Waals surface area contributed by atoms with Crippen molar-refractivity contribution < 1.29 is 13.2 Å². The van der Waals surface area contributed by atoms with E-state index in [0.29, 0.717) is 23.5 Å². The highest BCUT2D eigenvalue weighted by Crippen LogP contribution is 2.19. The summed E-state index contributed by atoms with van der Waals surface area (Å²) in [5, 5.41) is 0. The molecule has 0 aromatic heterocycles. The van der Waals surface area contributed by atoms with Crippen LogP contribution in [-0.2, 0) is 22.3 Å². The summed E-state index contributed by atoms with van der Waals surface area (Å²) in [6.45, 7) is 0.386. The topological polar surface area (TPSA) is 81.4 Å². The minimum Gasteiger partial charge on any atom is -0.497 e. The summed E-state index contributed by atoms with van der Waals surface area (Å²) in [7, 11) is -1.95. The van der Waals surface area contributed by atoms with E-state index in [9.17, 15) is 8.42 Å². The van der Waals surface area contributed by atoms with Gasteiger partial charge in [0.2, 0.25) is 10.0 Å². The summed E-state index contributed by atoms with van der Waals surface area (Å²) in [5.41, 5.74) is 7.64. The molecule has 0 aliphatic heterocycles. The number of hydrogen-bond donors (Lipinski definition) is 2. The van der Waals surface area contributed by atoms with Gasteiger partial charge in [-0.05, 0) is 23.3 Å². The first-order valence-corrected chi connectivity index (χ1v) is 8.10. The van der Waals surface area contributed by atoms with Crippen LogP contribution in [0.3, 0.4) is 0 Å². The Morgan fingerprint density at radius 2 is 1.81 bits per heavy atom. The van der Waals surface area contributed by atoms with Gasteiger partial charge in [-0.15, -0.1) is 0 Å². The van der Waals surface area contributed by atoms with E-state index in [1.807, 2.05) is 6.07 Å². The molecule has 112 valence electrons. The average molecular weight is 306 g/mol. The average Bonchev–Trinajstić information content (AvgIpc) is 2.46. The second-order valence-corrected chi connectivity index (χ2v) is 6.34. The minimum atomic E-state index is -3.48. The van der Waals surface area contributed by atoms with E-state index < -0.39 is 10.0 Å². The van der Waals surface area contributed by atoms with Gasteiger partial charge in [0, 0.05) is 12.6 Å².